The molecule has 1 atom stereocenters. The van der Waals surface area contributed by atoms with E-state index < -0.39 is 23.7 Å². The third-order valence-corrected chi connectivity index (χ3v) is 2.14. The number of nitrogens with two attached hydrogens (primary N) is 1. The fourth-order valence-electron chi connectivity index (χ4n) is 1.19. The van der Waals surface area contributed by atoms with Gasteiger partial charge in [-0.05, 0) is 17.7 Å². The van der Waals surface area contributed by atoms with Crippen molar-refractivity contribution in [1.82, 2.24) is 0 Å². The molecule has 1 aromatic carbocycles. The van der Waals surface area contributed by atoms with Crippen LogP contribution >= 0.6 is 12.4 Å². The van der Waals surface area contributed by atoms with Crippen LogP contribution in [0.25, 0.3) is 0 Å². The molecule has 0 radical (unpaired) electrons. The Hall–Kier alpha value is -1.39. The fraction of sp³-hybridized carbons (Fsp3) is 0.300. The number of nitrogens with zero attached hydrogens (tertiary/aromatic N) is 1. The summed E-state index contributed by atoms with van der Waals surface area (Å²) in [6, 6.07) is 3.50. The summed E-state index contributed by atoms with van der Waals surface area (Å²) < 4.78 is 62.0. The van der Waals surface area contributed by atoms with Gasteiger partial charge in [-0.15, -0.1) is 12.4 Å². The van der Waals surface area contributed by atoms with E-state index in [4.69, 9.17) is 11.0 Å². The summed E-state index contributed by atoms with van der Waals surface area (Å²) in [6.45, 7) is 0. The standard InChI is InChI=1S/C10H7F5N2.ClH/c11-9(12,10(13,14)15)8(17)7-3-1-2-6(4-7)5-16;/h1-4,8H,17H2;1H/t8-;/m0./s1. The van der Waals surface area contributed by atoms with Gasteiger partial charge in [0.15, 0.2) is 0 Å². The van der Waals surface area contributed by atoms with Crippen LogP contribution < -0.4 is 5.73 Å². The maximum atomic E-state index is 12.9. The Bertz CT molecular complexity index is 452. The average molecular weight is 287 g/mol. The smallest absolute Gasteiger partial charge is 0.319 e. The first-order chi connectivity index (χ1) is 7.70. The zero-order valence-electron chi connectivity index (χ0n) is 8.71. The highest BCUT2D eigenvalue weighted by Gasteiger charge is 2.61. The van der Waals surface area contributed by atoms with E-state index in [1.165, 1.54) is 12.1 Å². The van der Waals surface area contributed by atoms with E-state index in [2.05, 4.69) is 0 Å². The van der Waals surface area contributed by atoms with Crippen molar-refractivity contribution in [3.8, 4) is 6.07 Å². The zero-order valence-corrected chi connectivity index (χ0v) is 9.53. The lowest BCUT2D eigenvalue weighted by atomic mass is 9.99. The molecular formula is C10H8ClF5N2. The highest BCUT2D eigenvalue weighted by Crippen LogP contribution is 2.43. The Morgan fingerprint density at radius 2 is 1.72 bits per heavy atom. The fourth-order valence-corrected chi connectivity index (χ4v) is 1.19. The second-order valence-electron chi connectivity index (χ2n) is 3.34. The van der Waals surface area contributed by atoms with E-state index in [1.54, 1.807) is 6.07 Å². The first-order valence-corrected chi connectivity index (χ1v) is 4.40. The van der Waals surface area contributed by atoms with Crippen LogP contribution in [0.2, 0.25) is 0 Å². The summed E-state index contributed by atoms with van der Waals surface area (Å²) in [5.74, 6) is -5.04. The molecule has 0 amide bonds. The molecule has 0 aliphatic carbocycles. The van der Waals surface area contributed by atoms with Crippen molar-refractivity contribution in [3.05, 3.63) is 35.4 Å². The molecular weight excluding hydrogens is 279 g/mol. The van der Waals surface area contributed by atoms with Crippen molar-refractivity contribution in [3.63, 3.8) is 0 Å². The first-order valence-electron chi connectivity index (χ1n) is 4.40. The van der Waals surface area contributed by atoms with Gasteiger partial charge in [-0.1, -0.05) is 12.1 Å². The van der Waals surface area contributed by atoms with Gasteiger partial charge in [-0.3, -0.25) is 0 Å². The normalized spacial score (nSPS) is 13.4. The van der Waals surface area contributed by atoms with Gasteiger partial charge in [0.2, 0.25) is 0 Å². The molecule has 0 unspecified atom stereocenters. The van der Waals surface area contributed by atoms with Gasteiger partial charge >= 0.3 is 12.1 Å². The van der Waals surface area contributed by atoms with Crippen LogP contribution in [0, 0.1) is 11.3 Å². The van der Waals surface area contributed by atoms with Crippen LogP contribution in [0.1, 0.15) is 17.2 Å². The number of hydrogen-bond acceptors (Lipinski definition) is 2. The van der Waals surface area contributed by atoms with Gasteiger partial charge < -0.3 is 5.73 Å². The minimum Gasteiger partial charge on any atom is -0.319 e. The lowest BCUT2D eigenvalue weighted by Gasteiger charge is -2.25. The van der Waals surface area contributed by atoms with Crippen molar-refractivity contribution in [2.75, 3.05) is 0 Å². The molecule has 8 heteroatoms. The van der Waals surface area contributed by atoms with Crippen LogP contribution in [0.3, 0.4) is 0 Å². The molecule has 0 aliphatic heterocycles. The van der Waals surface area contributed by atoms with E-state index in [-0.39, 0.29) is 18.0 Å². The Labute approximate surface area is 106 Å². The summed E-state index contributed by atoms with van der Waals surface area (Å²) >= 11 is 0. The van der Waals surface area contributed by atoms with E-state index in [0.29, 0.717) is 0 Å². The minimum absolute atomic E-state index is 0. The molecule has 1 aromatic rings. The van der Waals surface area contributed by atoms with Crippen LogP contribution in [0.15, 0.2) is 24.3 Å². The SMILES string of the molecule is Cl.N#Cc1cccc([C@H](N)C(F)(F)C(F)(F)F)c1. The predicted molar refractivity (Wildman–Crippen MR) is 56.3 cm³/mol. The number of alkyl halides is 5. The molecule has 0 heterocycles. The number of hydrogen-bond donors (Lipinski definition) is 1. The topological polar surface area (TPSA) is 49.8 Å². The van der Waals surface area contributed by atoms with Crippen molar-refractivity contribution in [1.29, 1.82) is 5.26 Å². The minimum atomic E-state index is -5.73. The van der Waals surface area contributed by atoms with E-state index in [0.717, 1.165) is 12.1 Å². The maximum absolute atomic E-state index is 12.9. The second kappa shape index (κ2) is 5.50. The quantitative estimate of drug-likeness (QED) is 0.849. The van der Waals surface area contributed by atoms with Gasteiger partial charge in [0.1, 0.15) is 6.04 Å². The molecule has 18 heavy (non-hydrogen) atoms. The molecule has 0 spiro atoms. The van der Waals surface area contributed by atoms with Gasteiger partial charge in [-0.2, -0.15) is 27.2 Å². The summed E-state index contributed by atoms with van der Waals surface area (Å²) in [5.41, 5.74) is 4.43. The number of nitriles is 1. The van der Waals surface area contributed by atoms with E-state index >= 15 is 0 Å². The molecule has 0 aromatic heterocycles. The van der Waals surface area contributed by atoms with Gasteiger partial charge in [0, 0.05) is 0 Å². The molecule has 0 aliphatic rings. The highest BCUT2D eigenvalue weighted by molar-refractivity contribution is 5.85. The largest absolute Gasteiger partial charge is 0.455 e. The Morgan fingerprint density at radius 1 is 1.17 bits per heavy atom. The van der Waals surface area contributed by atoms with Crippen molar-refractivity contribution in [2.24, 2.45) is 5.73 Å². The first kappa shape index (κ1) is 16.6. The summed E-state index contributed by atoms with van der Waals surface area (Å²) in [4.78, 5) is 0. The van der Waals surface area contributed by atoms with Gasteiger partial charge in [-0.25, -0.2) is 0 Å². The monoisotopic (exact) mass is 286 g/mol. The van der Waals surface area contributed by atoms with Crippen molar-refractivity contribution >= 4 is 12.4 Å². The van der Waals surface area contributed by atoms with Crippen LogP contribution in [0.4, 0.5) is 22.0 Å². The molecule has 2 nitrogen and oxygen atoms in total. The summed E-state index contributed by atoms with van der Waals surface area (Å²) in [6.07, 6.45) is -5.73. The van der Waals surface area contributed by atoms with E-state index in [1.807, 2.05) is 0 Å². The number of benzene rings is 1. The second-order valence-corrected chi connectivity index (χ2v) is 3.34. The zero-order chi connectivity index (χ0) is 13.3. The van der Waals surface area contributed by atoms with Gasteiger partial charge in [0.25, 0.3) is 0 Å². The molecule has 0 saturated heterocycles. The van der Waals surface area contributed by atoms with Gasteiger partial charge in [0.05, 0.1) is 11.6 Å². The maximum Gasteiger partial charge on any atom is 0.455 e. The Morgan fingerprint density at radius 3 is 2.17 bits per heavy atom. The van der Waals surface area contributed by atoms with Crippen molar-refractivity contribution in [2.45, 2.75) is 18.1 Å². The third kappa shape index (κ3) is 3.09. The average Bonchev–Trinajstić information content (AvgIpc) is 2.26. The van der Waals surface area contributed by atoms with Crippen LogP contribution in [-0.4, -0.2) is 12.1 Å². The number of halogens is 6. The Balaban J connectivity index is 0.00000289. The summed E-state index contributed by atoms with van der Waals surface area (Å²) in [5, 5.41) is 8.51. The molecule has 1 rings (SSSR count). The molecule has 0 saturated carbocycles. The third-order valence-electron chi connectivity index (χ3n) is 2.14. The van der Waals surface area contributed by atoms with Crippen LogP contribution in [-0.2, 0) is 0 Å². The Kier molecular flexibility index (Phi) is 5.08. The number of rotatable bonds is 2. The molecule has 2 N–H and O–H groups in total. The summed E-state index contributed by atoms with van der Waals surface area (Å²) in [7, 11) is 0. The van der Waals surface area contributed by atoms with Crippen molar-refractivity contribution < 1.29 is 22.0 Å². The lowest BCUT2D eigenvalue weighted by molar-refractivity contribution is -0.291. The van der Waals surface area contributed by atoms with E-state index in [9.17, 15) is 22.0 Å². The van der Waals surface area contributed by atoms with Crippen LogP contribution in [0.5, 0.6) is 0 Å². The molecule has 0 bridgehead atoms. The molecule has 100 valence electrons. The highest BCUT2D eigenvalue weighted by atomic mass is 35.5. The predicted octanol–water partition coefficient (Wildman–Crippen LogP) is 3.18. The molecule has 0 fully saturated rings. The lowest BCUT2D eigenvalue weighted by Crippen LogP contribution is -2.45.